The summed E-state index contributed by atoms with van der Waals surface area (Å²) < 4.78 is 53.3. The highest BCUT2D eigenvalue weighted by Crippen LogP contribution is 2.30. The van der Waals surface area contributed by atoms with E-state index in [9.17, 15) is 22.4 Å². The number of halogens is 4. The predicted octanol–water partition coefficient (Wildman–Crippen LogP) is 4.05. The van der Waals surface area contributed by atoms with Gasteiger partial charge in [0.05, 0.1) is 16.9 Å². The summed E-state index contributed by atoms with van der Waals surface area (Å²) in [5, 5.41) is 2.35. The fraction of sp³-hybridized carbons (Fsp3) is 0.125. The van der Waals surface area contributed by atoms with Crippen LogP contribution in [0.1, 0.15) is 21.7 Å². The van der Waals surface area contributed by atoms with Crippen molar-refractivity contribution in [1.82, 2.24) is 9.38 Å². The van der Waals surface area contributed by atoms with Crippen LogP contribution in [0.25, 0.3) is 5.65 Å². The van der Waals surface area contributed by atoms with Crippen LogP contribution in [0.5, 0.6) is 0 Å². The molecule has 0 radical (unpaired) electrons. The molecule has 3 aromatic rings. The number of benzene rings is 1. The third kappa shape index (κ3) is 2.82. The lowest BCUT2D eigenvalue weighted by atomic mass is 10.2. The Hall–Kier alpha value is -2.90. The van der Waals surface area contributed by atoms with Gasteiger partial charge in [-0.1, -0.05) is 12.1 Å². The summed E-state index contributed by atoms with van der Waals surface area (Å²) in [6, 6.07) is 7.57. The molecule has 2 aromatic heterocycles. The Bertz CT molecular complexity index is 931. The number of carbonyl (C=O) groups is 1. The van der Waals surface area contributed by atoms with E-state index in [1.54, 1.807) is 0 Å². The number of nitrogens with one attached hydrogen (secondary N) is 1. The maximum atomic E-state index is 13.6. The zero-order valence-corrected chi connectivity index (χ0v) is 12.4. The Kier molecular flexibility index (Phi) is 3.75. The number of hydrogen-bond donors (Lipinski definition) is 1. The van der Waals surface area contributed by atoms with Crippen molar-refractivity contribution in [3.8, 4) is 0 Å². The summed E-state index contributed by atoms with van der Waals surface area (Å²) in [6.45, 7) is 1.50. The Balaban J connectivity index is 2.06. The molecule has 0 aliphatic rings. The molecule has 0 spiro atoms. The maximum Gasteiger partial charge on any atom is 0.417 e. The molecule has 1 amide bonds. The Morgan fingerprint density at radius 3 is 2.54 bits per heavy atom. The number of nitrogens with zero attached hydrogens (tertiary/aromatic N) is 2. The number of alkyl halides is 3. The molecular formula is C16H11F4N3O. The zero-order chi connectivity index (χ0) is 17.5. The molecule has 1 N–H and O–H groups in total. The average Bonchev–Trinajstić information content (AvgIpc) is 2.83. The smallest absolute Gasteiger partial charge is 0.318 e. The number of rotatable bonds is 2. The van der Waals surface area contributed by atoms with E-state index < -0.39 is 23.5 Å². The molecular weight excluding hydrogens is 326 g/mol. The Labute approximate surface area is 133 Å². The standard InChI is InChI=1S/C16H11F4N3O/c1-9-14(15(24)22-12-5-3-2-4-11(12)17)23-8-10(16(18,19)20)6-7-13(23)21-9/h2-8H,1H3,(H,22,24). The number of para-hydroxylation sites is 1. The number of aryl methyl sites for hydroxylation is 1. The van der Waals surface area contributed by atoms with Crippen LogP contribution in [0.3, 0.4) is 0 Å². The average molecular weight is 337 g/mol. The third-order valence-corrected chi connectivity index (χ3v) is 3.46. The van der Waals surface area contributed by atoms with Gasteiger partial charge in [-0.25, -0.2) is 9.37 Å². The minimum Gasteiger partial charge on any atom is -0.318 e. The van der Waals surface area contributed by atoms with Crippen molar-refractivity contribution < 1.29 is 22.4 Å². The van der Waals surface area contributed by atoms with E-state index in [4.69, 9.17) is 0 Å². The van der Waals surface area contributed by atoms with Crippen LogP contribution in [-0.4, -0.2) is 15.3 Å². The van der Waals surface area contributed by atoms with Gasteiger partial charge >= 0.3 is 6.18 Å². The lowest BCUT2D eigenvalue weighted by molar-refractivity contribution is -0.137. The van der Waals surface area contributed by atoms with Gasteiger partial charge in [0, 0.05) is 6.20 Å². The highest BCUT2D eigenvalue weighted by Gasteiger charge is 2.31. The summed E-state index contributed by atoms with van der Waals surface area (Å²) in [7, 11) is 0. The molecule has 1 aromatic carbocycles. The first-order chi connectivity index (χ1) is 11.3. The van der Waals surface area contributed by atoms with Crippen LogP contribution in [0.15, 0.2) is 42.6 Å². The number of aromatic nitrogens is 2. The van der Waals surface area contributed by atoms with Gasteiger partial charge < -0.3 is 5.32 Å². The number of fused-ring (bicyclic) bond motifs is 1. The third-order valence-electron chi connectivity index (χ3n) is 3.46. The molecule has 0 saturated heterocycles. The van der Waals surface area contributed by atoms with Gasteiger partial charge in [0.15, 0.2) is 0 Å². The van der Waals surface area contributed by atoms with E-state index in [0.29, 0.717) is 0 Å². The second-order valence-corrected chi connectivity index (χ2v) is 5.12. The first-order valence-corrected chi connectivity index (χ1v) is 6.89. The summed E-state index contributed by atoms with van der Waals surface area (Å²) in [6.07, 6.45) is -3.75. The van der Waals surface area contributed by atoms with E-state index in [2.05, 4.69) is 10.3 Å². The SMILES string of the molecule is Cc1nc2ccc(C(F)(F)F)cn2c1C(=O)Nc1ccccc1F. The molecule has 0 unspecified atom stereocenters. The molecule has 0 fully saturated rings. The van der Waals surface area contributed by atoms with Gasteiger partial charge in [-0.2, -0.15) is 13.2 Å². The number of imidazole rings is 1. The van der Waals surface area contributed by atoms with Crippen LogP contribution in [0, 0.1) is 12.7 Å². The summed E-state index contributed by atoms with van der Waals surface area (Å²) >= 11 is 0. The summed E-state index contributed by atoms with van der Waals surface area (Å²) in [4.78, 5) is 16.5. The predicted molar refractivity (Wildman–Crippen MR) is 79.3 cm³/mol. The van der Waals surface area contributed by atoms with Crippen LogP contribution < -0.4 is 5.32 Å². The fourth-order valence-electron chi connectivity index (χ4n) is 2.35. The van der Waals surface area contributed by atoms with Crippen molar-refractivity contribution in [1.29, 1.82) is 0 Å². The van der Waals surface area contributed by atoms with Crippen LogP contribution in [0.4, 0.5) is 23.2 Å². The highest BCUT2D eigenvalue weighted by atomic mass is 19.4. The summed E-state index contributed by atoms with van der Waals surface area (Å²) in [5.41, 5.74) is -0.627. The van der Waals surface area contributed by atoms with Crippen molar-refractivity contribution in [2.24, 2.45) is 0 Å². The van der Waals surface area contributed by atoms with E-state index >= 15 is 0 Å². The first-order valence-electron chi connectivity index (χ1n) is 6.89. The minimum atomic E-state index is -4.55. The van der Waals surface area contributed by atoms with E-state index in [0.717, 1.165) is 16.7 Å². The zero-order valence-electron chi connectivity index (χ0n) is 12.4. The molecule has 0 bridgehead atoms. The topological polar surface area (TPSA) is 46.4 Å². The van der Waals surface area contributed by atoms with Gasteiger partial charge in [0.2, 0.25) is 0 Å². The maximum absolute atomic E-state index is 13.6. The minimum absolute atomic E-state index is 0.0659. The molecule has 24 heavy (non-hydrogen) atoms. The van der Waals surface area contributed by atoms with Crippen LogP contribution in [0.2, 0.25) is 0 Å². The summed E-state index contributed by atoms with van der Waals surface area (Å²) in [5.74, 6) is -1.39. The number of anilines is 1. The molecule has 8 heteroatoms. The molecule has 4 nitrogen and oxygen atoms in total. The second-order valence-electron chi connectivity index (χ2n) is 5.12. The van der Waals surface area contributed by atoms with Gasteiger partial charge in [0.1, 0.15) is 17.2 Å². The van der Waals surface area contributed by atoms with E-state index in [1.807, 2.05) is 0 Å². The van der Waals surface area contributed by atoms with E-state index in [-0.39, 0.29) is 22.7 Å². The number of carbonyl (C=O) groups excluding carboxylic acids is 1. The largest absolute Gasteiger partial charge is 0.417 e. The van der Waals surface area contributed by atoms with Gasteiger partial charge in [0.25, 0.3) is 5.91 Å². The van der Waals surface area contributed by atoms with Crippen molar-refractivity contribution in [2.75, 3.05) is 5.32 Å². The van der Waals surface area contributed by atoms with Gasteiger partial charge in [-0.3, -0.25) is 9.20 Å². The molecule has 3 rings (SSSR count). The molecule has 124 valence electrons. The number of hydrogen-bond acceptors (Lipinski definition) is 2. The molecule has 0 aliphatic heterocycles. The molecule has 0 atom stereocenters. The van der Waals surface area contributed by atoms with Crippen molar-refractivity contribution in [3.05, 3.63) is 65.4 Å². The molecule has 0 aliphatic carbocycles. The van der Waals surface area contributed by atoms with Crippen LogP contribution in [-0.2, 0) is 6.18 Å². The number of amides is 1. The van der Waals surface area contributed by atoms with Crippen molar-refractivity contribution >= 4 is 17.2 Å². The second kappa shape index (κ2) is 5.63. The normalized spacial score (nSPS) is 11.7. The van der Waals surface area contributed by atoms with Crippen LogP contribution >= 0.6 is 0 Å². The van der Waals surface area contributed by atoms with Crippen molar-refractivity contribution in [2.45, 2.75) is 13.1 Å². The molecule has 0 saturated carbocycles. The van der Waals surface area contributed by atoms with Crippen molar-refractivity contribution in [3.63, 3.8) is 0 Å². The van der Waals surface area contributed by atoms with E-state index in [1.165, 1.54) is 37.3 Å². The number of pyridine rings is 1. The monoisotopic (exact) mass is 337 g/mol. The fourth-order valence-corrected chi connectivity index (χ4v) is 2.35. The highest BCUT2D eigenvalue weighted by molar-refractivity contribution is 6.04. The van der Waals surface area contributed by atoms with Gasteiger partial charge in [-0.05, 0) is 31.2 Å². The Morgan fingerprint density at radius 1 is 1.17 bits per heavy atom. The quantitative estimate of drug-likeness (QED) is 0.717. The van der Waals surface area contributed by atoms with Gasteiger partial charge in [-0.15, -0.1) is 0 Å². The first kappa shape index (κ1) is 16.0. The lowest BCUT2D eigenvalue weighted by Crippen LogP contribution is -2.17. The Morgan fingerprint density at radius 2 is 1.88 bits per heavy atom. The molecule has 2 heterocycles. The lowest BCUT2D eigenvalue weighted by Gasteiger charge is -2.09.